The summed E-state index contributed by atoms with van der Waals surface area (Å²) in [7, 11) is 0. The van der Waals surface area contributed by atoms with Gasteiger partial charge in [-0.25, -0.2) is 4.79 Å². The van der Waals surface area contributed by atoms with Gasteiger partial charge < -0.3 is 20.1 Å². The summed E-state index contributed by atoms with van der Waals surface area (Å²) in [6.07, 6.45) is -0.428. The van der Waals surface area contributed by atoms with Crippen LogP contribution in [-0.4, -0.2) is 31.4 Å². The maximum atomic E-state index is 11.5. The fourth-order valence-electron chi connectivity index (χ4n) is 1.67. The van der Waals surface area contributed by atoms with Gasteiger partial charge in [0.15, 0.2) is 0 Å². The van der Waals surface area contributed by atoms with Gasteiger partial charge in [0, 0.05) is 12.2 Å². The van der Waals surface area contributed by atoms with Crippen LogP contribution in [0.1, 0.15) is 41.5 Å². The Bertz CT molecular complexity index is 484. The maximum absolute atomic E-state index is 11.5. The smallest absolute Gasteiger partial charge is 0.407 e. The Kier molecular flexibility index (Phi) is 6.73. The lowest BCUT2D eigenvalue weighted by Gasteiger charge is -2.20. The molecule has 0 aliphatic rings. The lowest BCUT2D eigenvalue weighted by atomic mass is 9.97. The molecule has 0 radical (unpaired) electrons. The fourth-order valence-corrected chi connectivity index (χ4v) is 1.67. The van der Waals surface area contributed by atoms with E-state index in [0.717, 1.165) is 18.0 Å². The van der Waals surface area contributed by atoms with E-state index in [2.05, 4.69) is 31.4 Å². The Morgan fingerprint density at radius 1 is 1.04 bits per heavy atom. The van der Waals surface area contributed by atoms with Crippen molar-refractivity contribution in [2.75, 3.05) is 25.0 Å². The first kappa shape index (κ1) is 19.1. The summed E-state index contributed by atoms with van der Waals surface area (Å²) in [6.45, 7) is 13.8. The molecular weight excluding hydrogens is 292 g/mol. The van der Waals surface area contributed by atoms with Crippen molar-refractivity contribution in [3.05, 3.63) is 24.3 Å². The Morgan fingerprint density at radius 3 is 2.17 bits per heavy atom. The van der Waals surface area contributed by atoms with Gasteiger partial charge in [-0.05, 0) is 50.5 Å². The summed E-state index contributed by atoms with van der Waals surface area (Å²) in [5.74, 6) is 0.775. The van der Waals surface area contributed by atoms with Gasteiger partial charge in [-0.1, -0.05) is 20.8 Å². The third-order valence-corrected chi connectivity index (χ3v) is 2.72. The van der Waals surface area contributed by atoms with Gasteiger partial charge in [0.2, 0.25) is 0 Å². The Labute approximate surface area is 139 Å². The Morgan fingerprint density at radius 2 is 1.65 bits per heavy atom. The summed E-state index contributed by atoms with van der Waals surface area (Å²) in [6, 6.07) is 7.81. The standard InChI is InChI=1S/C18H30N2O3/c1-17(2,3)13-20-14-7-9-15(10-8-14)22-12-11-19-16(21)23-18(4,5)6/h7-10,20H,11-13H2,1-6H3,(H,19,21). The van der Waals surface area contributed by atoms with Gasteiger partial charge in [0.25, 0.3) is 0 Å². The van der Waals surface area contributed by atoms with E-state index in [1.165, 1.54) is 0 Å². The van der Waals surface area contributed by atoms with Crippen LogP contribution in [0.4, 0.5) is 10.5 Å². The van der Waals surface area contributed by atoms with Crippen LogP contribution in [0.3, 0.4) is 0 Å². The number of carbonyl (C=O) groups excluding carboxylic acids is 1. The number of ether oxygens (including phenoxy) is 2. The molecule has 1 rings (SSSR count). The van der Waals surface area contributed by atoms with Crippen LogP contribution in [0.25, 0.3) is 0 Å². The van der Waals surface area contributed by atoms with Gasteiger partial charge in [-0.15, -0.1) is 0 Å². The van der Waals surface area contributed by atoms with Gasteiger partial charge in [-0.2, -0.15) is 0 Å². The van der Waals surface area contributed by atoms with Crippen LogP contribution in [0.15, 0.2) is 24.3 Å². The highest BCUT2D eigenvalue weighted by Gasteiger charge is 2.15. The molecule has 0 saturated heterocycles. The van der Waals surface area contributed by atoms with E-state index in [1.54, 1.807) is 0 Å². The lowest BCUT2D eigenvalue weighted by molar-refractivity contribution is 0.0520. The van der Waals surface area contributed by atoms with Crippen LogP contribution in [0.2, 0.25) is 0 Å². The number of nitrogens with one attached hydrogen (secondary N) is 2. The van der Waals surface area contributed by atoms with Crippen molar-refractivity contribution in [1.29, 1.82) is 0 Å². The second kappa shape index (κ2) is 8.09. The summed E-state index contributed by atoms with van der Waals surface area (Å²) in [4.78, 5) is 11.5. The van der Waals surface area contributed by atoms with Crippen molar-refractivity contribution in [1.82, 2.24) is 5.32 Å². The minimum atomic E-state index is -0.485. The van der Waals surface area contributed by atoms with E-state index < -0.39 is 11.7 Å². The molecule has 1 aromatic carbocycles. The van der Waals surface area contributed by atoms with Crippen LogP contribution < -0.4 is 15.4 Å². The molecule has 0 bridgehead atoms. The third-order valence-electron chi connectivity index (χ3n) is 2.72. The minimum Gasteiger partial charge on any atom is -0.492 e. The number of hydrogen-bond donors (Lipinski definition) is 2. The molecule has 0 heterocycles. The number of alkyl carbamates (subject to hydrolysis) is 1. The normalized spacial score (nSPS) is 11.7. The number of anilines is 1. The monoisotopic (exact) mass is 322 g/mol. The molecule has 1 aromatic rings. The number of amides is 1. The van der Waals surface area contributed by atoms with Gasteiger partial charge >= 0.3 is 6.09 Å². The highest BCUT2D eigenvalue weighted by Crippen LogP contribution is 2.18. The third kappa shape index (κ3) is 9.66. The molecule has 5 heteroatoms. The van der Waals surface area contributed by atoms with Crippen LogP contribution in [0.5, 0.6) is 5.75 Å². The predicted molar refractivity (Wildman–Crippen MR) is 94.1 cm³/mol. The van der Waals surface area contributed by atoms with E-state index in [0.29, 0.717) is 13.2 Å². The van der Waals surface area contributed by atoms with Crippen molar-refractivity contribution in [2.45, 2.75) is 47.1 Å². The molecule has 0 saturated carbocycles. The van der Waals surface area contributed by atoms with Crippen LogP contribution in [0, 0.1) is 5.41 Å². The molecule has 0 aliphatic carbocycles. The molecule has 1 amide bonds. The average Bonchev–Trinajstić information content (AvgIpc) is 2.40. The average molecular weight is 322 g/mol. The van der Waals surface area contributed by atoms with E-state index in [-0.39, 0.29) is 5.41 Å². The van der Waals surface area contributed by atoms with Crippen molar-refractivity contribution in [3.63, 3.8) is 0 Å². The Balaban J connectivity index is 2.27. The maximum Gasteiger partial charge on any atom is 0.407 e. The molecule has 5 nitrogen and oxygen atoms in total. The molecule has 0 unspecified atom stereocenters. The number of carbonyl (C=O) groups is 1. The number of benzene rings is 1. The molecule has 130 valence electrons. The summed E-state index contributed by atoms with van der Waals surface area (Å²) >= 11 is 0. The summed E-state index contributed by atoms with van der Waals surface area (Å²) in [5, 5.41) is 6.05. The van der Waals surface area contributed by atoms with E-state index >= 15 is 0 Å². The fraction of sp³-hybridized carbons (Fsp3) is 0.611. The van der Waals surface area contributed by atoms with Crippen LogP contribution >= 0.6 is 0 Å². The highest BCUT2D eigenvalue weighted by atomic mass is 16.6. The molecule has 0 atom stereocenters. The van der Waals surface area contributed by atoms with Gasteiger partial charge in [-0.3, -0.25) is 0 Å². The first-order valence-electron chi connectivity index (χ1n) is 7.99. The molecule has 0 aromatic heterocycles. The van der Waals surface area contributed by atoms with Gasteiger partial charge in [0.1, 0.15) is 18.0 Å². The second-order valence-corrected chi connectivity index (χ2v) is 7.72. The predicted octanol–water partition coefficient (Wildman–Crippen LogP) is 4.05. The van der Waals surface area contributed by atoms with Crippen molar-refractivity contribution in [2.24, 2.45) is 5.41 Å². The van der Waals surface area contributed by atoms with Gasteiger partial charge in [0.05, 0.1) is 6.54 Å². The minimum absolute atomic E-state index is 0.239. The highest BCUT2D eigenvalue weighted by molar-refractivity contribution is 5.67. The zero-order chi connectivity index (χ0) is 17.5. The SMILES string of the molecule is CC(C)(C)CNc1ccc(OCCNC(=O)OC(C)(C)C)cc1. The Hall–Kier alpha value is -1.91. The van der Waals surface area contributed by atoms with Crippen molar-refractivity contribution >= 4 is 11.8 Å². The zero-order valence-corrected chi connectivity index (χ0v) is 15.2. The second-order valence-electron chi connectivity index (χ2n) is 7.72. The lowest BCUT2D eigenvalue weighted by Crippen LogP contribution is -2.34. The number of rotatable bonds is 6. The molecule has 23 heavy (non-hydrogen) atoms. The van der Waals surface area contributed by atoms with E-state index in [1.807, 2.05) is 45.0 Å². The van der Waals surface area contributed by atoms with Crippen LogP contribution in [-0.2, 0) is 4.74 Å². The van der Waals surface area contributed by atoms with E-state index in [4.69, 9.17) is 9.47 Å². The molecule has 0 spiro atoms. The van der Waals surface area contributed by atoms with Crippen molar-refractivity contribution in [3.8, 4) is 5.75 Å². The quantitative estimate of drug-likeness (QED) is 0.776. The molecule has 2 N–H and O–H groups in total. The molecular formula is C18H30N2O3. The molecule has 0 fully saturated rings. The largest absolute Gasteiger partial charge is 0.492 e. The topological polar surface area (TPSA) is 59.6 Å². The van der Waals surface area contributed by atoms with Crippen molar-refractivity contribution < 1.29 is 14.3 Å². The number of hydrogen-bond acceptors (Lipinski definition) is 4. The summed E-state index contributed by atoms with van der Waals surface area (Å²) in [5.41, 5.74) is 0.822. The zero-order valence-electron chi connectivity index (χ0n) is 15.2. The van der Waals surface area contributed by atoms with E-state index in [9.17, 15) is 4.79 Å². The molecule has 0 aliphatic heterocycles. The summed E-state index contributed by atoms with van der Waals surface area (Å²) < 4.78 is 10.7. The first-order valence-corrected chi connectivity index (χ1v) is 7.99. The first-order chi connectivity index (χ1) is 10.6.